The number of sulfonamides is 2. The van der Waals surface area contributed by atoms with Gasteiger partial charge >= 0.3 is 11.9 Å². The van der Waals surface area contributed by atoms with Crippen LogP contribution in [0.15, 0.2) is 107 Å². The van der Waals surface area contributed by atoms with Gasteiger partial charge in [-0.05, 0) is 131 Å². The van der Waals surface area contributed by atoms with Gasteiger partial charge in [0.15, 0.2) is 11.5 Å². The lowest BCUT2D eigenvalue weighted by Crippen LogP contribution is -2.52. The van der Waals surface area contributed by atoms with Crippen LogP contribution in [0.2, 0.25) is 20.1 Å². The normalized spacial score (nSPS) is 14.4. The number of hydrogen-bond donors (Lipinski definition) is 5. The number of aliphatic carboxylic acids is 1. The summed E-state index contributed by atoms with van der Waals surface area (Å²) in [6.07, 6.45) is -0.914. The van der Waals surface area contributed by atoms with Crippen LogP contribution in [0.3, 0.4) is 0 Å². The maximum absolute atomic E-state index is 15.8. The lowest BCUT2D eigenvalue weighted by atomic mass is 9.88. The number of hydrogen-bond acceptors (Lipinski definition) is 11. The summed E-state index contributed by atoms with van der Waals surface area (Å²) in [6.45, 7) is 8.95. The fraction of sp³-hybridized carbons (Fsp3) is 0.245. The maximum atomic E-state index is 15.8. The van der Waals surface area contributed by atoms with Crippen molar-refractivity contribution >= 4 is 102 Å². The first-order valence-corrected chi connectivity index (χ1v) is 27.8. The number of aryl methyl sites for hydroxylation is 2. The number of nitrogens with one attached hydrogen (secondary N) is 4. The predicted molar refractivity (Wildman–Crippen MR) is 287 cm³/mol. The first-order chi connectivity index (χ1) is 36.1. The van der Waals surface area contributed by atoms with E-state index in [1.807, 2.05) is 20.8 Å². The van der Waals surface area contributed by atoms with E-state index in [-0.39, 0.29) is 86.5 Å². The number of ether oxygens (including phenoxy) is 3. The highest BCUT2D eigenvalue weighted by molar-refractivity contribution is 7.93. The molecule has 1 aliphatic rings. The van der Waals surface area contributed by atoms with Gasteiger partial charge in [-0.2, -0.15) is 0 Å². The van der Waals surface area contributed by atoms with Gasteiger partial charge in [0.25, 0.3) is 31.9 Å². The summed E-state index contributed by atoms with van der Waals surface area (Å²) in [6, 6.07) is 19.2. The second kappa shape index (κ2) is 23.5. The number of carbonyl (C=O) groups excluding carboxylic acids is 3. The standard InChI is InChI=1S/C53H48Cl4F2N4O12S2/c1-6-53(4,5)61-52(68)30-10-13-44(41(22-30)63-77(71,72)48-16-8-28(3)18-36(48)57)74-46-26-38(59)32(20-34(46)55)24-50(66)75-42-14-11-39(42)60-51(67)29-9-12-43(73-45-25-37(58)31(19-33(45)54)23-49(64)65)40(21-29)62-76(69,70)47-15-7-27(2)17-35(47)56/h7-10,12-13,15-22,25-26,39,42,62-63H,6,11,14,23-24H2,1-5H3,(H,60,67)(H,61,68)(H,64,65). The minimum Gasteiger partial charge on any atom is -0.481 e. The molecule has 0 aliphatic heterocycles. The molecule has 2 amide bonds. The molecule has 2 atom stereocenters. The Bertz CT molecular complexity index is 3590. The van der Waals surface area contributed by atoms with Gasteiger partial charge in [-0.3, -0.25) is 28.6 Å². The van der Waals surface area contributed by atoms with Gasteiger partial charge in [0.05, 0.1) is 50.3 Å². The minimum absolute atomic E-state index is 0.0664. The number of esters is 1. The van der Waals surface area contributed by atoms with E-state index in [4.69, 9.17) is 65.7 Å². The van der Waals surface area contributed by atoms with Gasteiger partial charge in [0, 0.05) is 39.9 Å². The van der Waals surface area contributed by atoms with Gasteiger partial charge in [-0.1, -0.05) is 65.5 Å². The topological polar surface area (TPSA) is 233 Å². The van der Waals surface area contributed by atoms with E-state index < -0.39 is 86.0 Å². The molecule has 406 valence electrons. The zero-order valence-electron chi connectivity index (χ0n) is 41.5. The van der Waals surface area contributed by atoms with Crippen molar-refractivity contribution in [2.75, 3.05) is 9.44 Å². The van der Waals surface area contributed by atoms with Crippen molar-refractivity contribution < 1.29 is 64.1 Å². The average molecular weight is 1180 g/mol. The highest BCUT2D eigenvalue weighted by Gasteiger charge is 2.36. The molecule has 7 rings (SSSR count). The molecule has 1 saturated carbocycles. The Morgan fingerprint density at radius 1 is 0.623 bits per heavy atom. The van der Waals surface area contributed by atoms with Crippen LogP contribution in [0.25, 0.3) is 0 Å². The first-order valence-electron chi connectivity index (χ1n) is 23.3. The molecule has 0 spiro atoms. The van der Waals surface area contributed by atoms with Crippen molar-refractivity contribution in [3.63, 3.8) is 0 Å². The van der Waals surface area contributed by atoms with E-state index in [1.165, 1.54) is 60.7 Å². The van der Waals surface area contributed by atoms with Crippen molar-refractivity contribution in [1.82, 2.24) is 10.6 Å². The fourth-order valence-corrected chi connectivity index (χ4v) is 11.3. The second-order valence-corrected chi connectivity index (χ2v) is 23.5. The van der Waals surface area contributed by atoms with E-state index in [1.54, 1.807) is 19.9 Å². The zero-order chi connectivity index (χ0) is 56.3. The summed E-state index contributed by atoms with van der Waals surface area (Å²) in [7, 11) is -8.87. The molecule has 6 aromatic carbocycles. The third-order valence-corrected chi connectivity index (χ3v) is 16.5. The number of carboxylic acid groups (broad SMARTS) is 1. The molecular formula is C53H48Cl4F2N4O12S2. The van der Waals surface area contributed by atoms with Crippen molar-refractivity contribution in [3.8, 4) is 23.0 Å². The van der Waals surface area contributed by atoms with Crippen LogP contribution in [-0.2, 0) is 47.2 Å². The summed E-state index contributed by atoms with van der Waals surface area (Å²) >= 11 is 25.5. The molecule has 0 aromatic heterocycles. The summed E-state index contributed by atoms with van der Waals surface area (Å²) in [5.74, 6) is -6.36. The van der Waals surface area contributed by atoms with Gasteiger partial charge in [0.2, 0.25) is 0 Å². The number of rotatable bonds is 20. The Kier molecular flexibility index (Phi) is 17.7. The molecule has 0 bridgehead atoms. The average Bonchev–Trinajstić information content (AvgIpc) is 3.33. The van der Waals surface area contributed by atoms with Gasteiger partial charge in [-0.15, -0.1) is 0 Å². The highest BCUT2D eigenvalue weighted by atomic mass is 35.5. The number of benzene rings is 6. The quantitative estimate of drug-likeness (QED) is 0.0449. The largest absolute Gasteiger partial charge is 0.481 e. The Morgan fingerprint density at radius 3 is 1.52 bits per heavy atom. The number of amides is 2. The molecular weight excluding hydrogens is 1130 g/mol. The summed E-state index contributed by atoms with van der Waals surface area (Å²) in [4.78, 5) is 51.0. The summed E-state index contributed by atoms with van der Waals surface area (Å²) < 4.78 is 108. The maximum Gasteiger partial charge on any atom is 0.310 e. The molecule has 16 nitrogen and oxygen atoms in total. The third-order valence-electron chi connectivity index (χ3n) is 12.2. The van der Waals surface area contributed by atoms with Crippen molar-refractivity contribution in [2.45, 2.75) is 94.2 Å². The summed E-state index contributed by atoms with van der Waals surface area (Å²) in [5, 5.41) is 14.2. The van der Waals surface area contributed by atoms with Gasteiger partial charge in [-0.25, -0.2) is 25.6 Å². The number of carbonyl (C=O) groups is 4. The minimum atomic E-state index is -4.48. The molecule has 6 aromatic rings. The summed E-state index contributed by atoms with van der Waals surface area (Å²) in [5.41, 5.74) is -0.219. The van der Waals surface area contributed by atoms with Crippen LogP contribution in [0.4, 0.5) is 20.2 Å². The molecule has 0 radical (unpaired) electrons. The molecule has 0 saturated heterocycles. The van der Waals surface area contributed by atoms with Crippen LogP contribution in [-0.4, -0.2) is 63.4 Å². The van der Waals surface area contributed by atoms with E-state index in [2.05, 4.69) is 20.1 Å². The monoisotopic (exact) mass is 1170 g/mol. The van der Waals surface area contributed by atoms with Gasteiger partial charge in [0.1, 0.15) is 39.0 Å². The number of halogens is 6. The second-order valence-electron chi connectivity index (χ2n) is 18.6. The smallest absolute Gasteiger partial charge is 0.310 e. The van der Waals surface area contributed by atoms with E-state index in [0.717, 1.165) is 30.3 Å². The predicted octanol–water partition coefficient (Wildman–Crippen LogP) is 12.0. The fourth-order valence-electron chi connectivity index (χ4n) is 7.56. The van der Waals surface area contributed by atoms with Crippen molar-refractivity contribution in [3.05, 3.63) is 162 Å². The lowest BCUT2D eigenvalue weighted by molar-refractivity contribution is -0.154. The van der Waals surface area contributed by atoms with E-state index in [9.17, 15) is 40.4 Å². The van der Waals surface area contributed by atoms with Gasteiger partial charge < -0.3 is 30.0 Å². The van der Waals surface area contributed by atoms with Crippen LogP contribution in [0, 0.1) is 25.5 Å². The molecule has 1 fully saturated rings. The molecule has 5 N–H and O–H groups in total. The molecule has 2 unspecified atom stereocenters. The number of anilines is 2. The molecule has 77 heavy (non-hydrogen) atoms. The zero-order valence-corrected chi connectivity index (χ0v) is 46.1. The van der Waals surface area contributed by atoms with Crippen LogP contribution in [0.5, 0.6) is 23.0 Å². The number of carboxylic acids is 1. The van der Waals surface area contributed by atoms with Crippen LogP contribution < -0.4 is 29.6 Å². The Labute approximate surface area is 462 Å². The lowest BCUT2D eigenvalue weighted by Gasteiger charge is -2.36. The Hall–Kier alpha value is -6.68. The van der Waals surface area contributed by atoms with E-state index >= 15 is 4.39 Å². The van der Waals surface area contributed by atoms with Crippen LogP contribution >= 0.6 is 46.4 Å². The SMILES string of the molecule is CCC(C)(C)NC(=O)c1ccc(Oc2cc(F)c(CC(=O)OC3CCC3NC(=O)c3ccc(Oc4cc(F)c(CC(=O)O)cc4Cl)c(NS(=O)(=O)c4ccc(C)cc4Cl)c3)cc2Cl)c(NS(=O)(=O)c2ccc(C)cc2Cl)c1. The Morgan fingerprint density at radius 2 is 1.09 bits per heavy atom. The van der Waals surface area contributed by atoms with Crippen molar-refractivity contribution in [2.24, 2.45) is 0 Å². The highest BCUT2D eigenvalue weighted by Crippen LogP contribution is 2.40. The molecule has 24 heteroatoms. The Balaban J connectivity index is 1.06. The van der Waals surface area contributed by atoms with Crippen molar-refractivity contribution in [1.29, 1.82) is 0 Å². The first kappa shape index (κ1) is 58.0. The molecule has 1 aliphatic carbocycles. The molecule has 0 heterocycles. The van der Waals surface area contributed by atoms with E-state index in [0.29, 0.717) is 30.4 Å². The van der Waals surface area contributed by atoms with Crippen LogP contribution in [0.1, 0.15) is 83.0 Å². The third kappa shape index (κ3) is 14.3.